The molecule has 3 nitrogen and oxygen atoms in total. The molecule has 0 unspecified atom stereocenters. The fourth-order valence-corrected chi connectivity index (χ4v) is 2.23. The van der Waals surface area contributed by atoms with E-state index in [1.165, 1.54) is 20.8 Å². The number of hydrogen-bond acceptors (Lipinski definition) is 3. The molecule has 0 heterocycles. The molecule has 1 aliphatic rings. The highest BCUT2D eigenvalue weighted by Gasteiger charge is 2.45. The first-order valence-corrected chi connectivity index (χ1v) is 6.21. The largest absolute Gasteiger partial charge is 0.456 e. The van der Waals surface area contributed by atoms with Crippen molar-refractivity contribution in [3.8, 4) is 0 Å². The van der Waals surface area contributed by atoms with Crippen LogP contribution in [0.2, 0.25) is 0 Å². The molecule has 1 saturated carbocycles. The first kappa shape index (κ1) is 16.0. The lowest BCUT2D eigenvalue weighted by Gasteiger charge is -2.23. The number of carbonyl (C=O) groups is 1. The molecule has 0 amide bonds. The zero-order chi connectivity index (χ0) is 15.0. The lowest BCUT2D eigenvalue weighted by molar-refractivity contribution is -0.161. The molecule has 1 rings (SSSR count). The van der Waals surface area contributed by atoms with Crippen LogP contribution in [0, 0.1) is 5.92 Å². The van der Waals surface area contributed by atoms with Gasteiger partial charge in [-0.25, -0.2) is 4.79 Å². The maximum absolute atomic E-state index is 13.1. The highest BCUT2D eigenvalue weighted by atomic mass is 19.4. The van der Waals surface area contributed by atoms with E-state index in [9.17, 15) is 18.0 Å². The van der Waals surface area contributed by atoms with Crippen LogP contribution in [-0.4, -0.2) is 23.8 Å². The first-order chi connectivity index (χ1) is 8.42. The van der Waals surface area contributed by atoms with E-state index in [0.29, 0.717) is 6.42 Å². The fourth-order valence-electron chi connectivity index (χ4n) is 2.23. The number of rotatable bonds is 1. The molecule has 2 atom stereocenters. The molecule has 0 radical (unpaired) electrons. The summed E-state index contributed by atoms with van der Waals surface area (Å²) >= 11 is 0. The maximum Gasteiger partial charge on any atom is 0.423 e. The van der Waals surface area contributed by atoms with Crippen LogP contribution in [0.15, 0.2) is 11.1 Å². The van der Waals surface area contributed by atoms with Gasteiger partial charge in [0, 0.05) is 6.04 Å². The van der Waals surface area contributed by atoms with Crippen LogP contribution in [0.1, 0.15) is 40.5 Å². The predicted molar refractivity (Wildman–Crippen MR) is 65.3 cm³/mol. The Labute approximate surface area is 111 Å². The average Bonchev–Trinajstić information content (AvgIpc) is 2.39. The Kier molecular flexibility index (Phi) is 4.34. The zero-order valence-electron chi connectivity index (χ0n) is 11.6. The lowest BCUT2D eigenvalue weighted by atomic mass is 10.0. The Morgan fingerprint density at radius 3 is 2.16 bits per heavy atom. The highest BCUT2D eigenvalue weighted by molar-refractivity contribution is 5.91. The predicted octanol–water partition coefficient (Wildman–Crippen LogP) is 2.94. The topological polar surface area (TPSA) is 52.3 Å². The van der Waals surface area contributed by atoms with Gasteiger partial charge >= 0.3 is 12.1 Å². The molecular formula is C13H20F3NO2. The van der Waals surface area contributed by atoms with Crippen molar-refractivity contribution in [1.82, 2.24) is 0 Å². The number of halogens is 3. The van der Waals surface area contributed by atoms with Crippen molar-refractivity contribution in [2.45, 2.75) is 58.4 Å². The molecule has 1 aliphatic carbocycles. The van der Waals surface area contributed by atoms with Gasteiger partial charge in [-0.15, -0.1) is 0 Å². The Bertz CT molecular complexity index is 394. The summed E-state index contributed by atoms with van der Waals surface area (Å²) in [5, 5.41) is 0. The molecule has 0 bridgehead atoms. The minimum absolute atomic E-state index is 0.0331. The number of alkyl halides is 3. The van der Waals surface area contributed by atoms with E-state index < -0.39 is 29.4 Å². The third-order valence-corrected chi connectivity index (χ3v) is 2.88. The lowest BCUT2D eigenvalue weighted by Crippen LogP contribution is -2.33. The van der Waals surface area contributed by atoms with Gasteiger partial charge in [-0.05, 0) is 45.1 Å². The number of nitrogens with two attached hydrogens (primary N) is 1. The van der Waals surface area contributed by atoms with Crippen molar-refractivity contribution >= 4 is 5.97 Å². The number of hydrogen-bond donors (Lipinski definition) is 1. The van der Waals surface area contributed by atoms with Crippen LogP contribution in [0.4, 0.5) is 13.2 Å². The highest BCUT2D eigenvalue weighted by Crippen LogP contribution is 2.38. The molecule has 110 valence electrons. The van der Waals surface area contributed by atoms with Crippen LogP contribution in [0.25, 0.3) is 0 Å². The van der Waals surface area contributed by atoms with E-state index in [0.717, 1.165) is 0 Å². The van der Waals surface area contributed by atoms with Gasteiger partial charge < -0.3 is 10.5 Å². The Balaban J connectivity index is 3.17. The smallest absolute Gasteiger partial charge is 0.423 e. The molecule has 0 aromatic heterocycles. The van der Waals surface area contributed by atoms with E-state index in [2.05, 4.69) is 0 Å². The summed E-state index contributed by atoms with van der Waals surface area (Å²) in [7, 11) is 0. The summed E-state index contributed by atoms with van der Waals surface area (Å²) in [4.78, 5) is 11.8. The summed E-state index contributed by atoms with van der Waals surface area (Å²) in [5.41, 5.74) is 3.48. The average molecular weight is 279 g/mol. The second kappa shape index (κ2) is 5.15. The summed E-state index contributed by atoms with van der Waals surface area (Å²) in [6.45, 7) is 6.40. The first-order valence-electron chi connectivity index (χ1n) is 6.21. The monoisotopic (exact) mass is 279 g/mol. The molecule has 19 heavy (non-hydrogen) atoms. The quantitative estimate of drug-likeness (QED) is 0.593. The Morgan fingerprint density at radius 1 is 1.32 bits per heavy atom. The summed E-state index contributed by atoms with van der Waals surface area (Å²) in [5.74, 6) is -1.29. The van der Waals surface area contributed by atoms with E-state index >= 15 is 0 Å². The Hall–Kier alpha value is -1.04. The van der Waals surface area contributed by atoms with Crippen molar-refractivity contribution < 1.29 is 22.7 Å². The van der Waals surface area contributed by atoms with E-state index in [1.807, 2.05) is 6.92 Å². The van der Waals surface area contributed by atoms with Crippen LogP contribution >= 0.6 is 0 Å². The van der Waals surface area contributed by atoms with Gasteiger partial charge in [-0.1, -0.05) is 6.92 Å². The molecule has 1 fully saturated rings. The zero-order valence-corrected chi connectivity index (χ0v) is 11.6. The summed E-state index contributed by atoms with van der Waals surface area (Å²) in [6.07, 6.45) is -4.09. The van der Waals surface area contributed by atoms with Gasteiger partial charge in [0.1, 0.15) is 11.2 Å². The molecule has 2 N–H and O–H groups in total. The van der Waals surface area contributed by atoms with Gasteiger partial charge in [0.05, 0.1) is 0 Å². The maximum atomic E-state index is 13.1. The van der Waals surface area contributed by atoms with Crippen LogP contribution < -0.4 is 5.73 Å². The van der Waals surface area contributed by atoms with Crippen molar-refractivity contribution in [2.75, 3.05) is 0 Å². The molecule has 6 heteroatoms. The van der Waals surface area contributed by atoms with Crippen LogP contribution in [-0.2, 0) is 9.53 Å². The standard InChI is InChI=1S/C13H20F3NO2/c1-7-5-8(9(17)6-7)10(13(14,15)16)11(18)19-12(2,3)4/h7,9H,5-6,17H2,1-4H3/b10-8+/t7-,9-/m0/s1. The molecule has 0 aliphatic heterocycles. The van der Waals surface area contributed by atoms with E-state index in [-0.39, 0.29) is 17.9 Å². The molecule has 0 aromatic carbocycles. The van der Waals surface area contributed by atoms with Crippen molar-refractivity contribution in [3.63, 3.8) is 0 Å². The number of esters is 1. The van der Waals surface area contributed by atoms with Gasteiger partial charge in [0.2, 0.25) is 0 Å². The normalized spacial score (nSPS) is 27.4. The minimum Gasteiger partial charge on any atom is -0.456 e. The molecule has 0 saturated heterocycles. The van der Waals surface area contributed by atoms with Gasteiger partial charge in [0.25, 0.3) is 0 Å². The fraction of sp³-hybridized carbons (Fsp3) is 0.769. The second-order valence-electron chi connectivity index (χ2n) is 6.05. The minimum atomic E-state index is -4.74. The van der Waals surface area contributed by atoms with Gasteiger partial charge in [-0.3, -0.25) is 0 Å². The van der Waals surface area contributed by atoms with E-state index in [1.54, 1.807) is 0 Å². The van der Waals surface area contributed by atoms with E-state index in [4.69, 9.17) is 10.5 Å². The summed E-state index contributed by atoms with van der Waals surface area (Å²) < 4.78 is 44.1. The van der Waals surface area contributed by atoms with Crippen LogP contribution in [0.3, 0.4) is 0 Å². The molecule has 0 spiro atoms. The third-order valence-electron chi connectivity index (χ3n) is 2.88. The number of ether oxygens (including phenoxy) is 1. The SMILES string of the molecule is C[C@H]1C/C(=C(/C(=O)OC(C)(C)C)C(F)(F)F)[C@@H](N)C1. The van der Waals surface area contributed by atoms with Crippen molar-refractivity contribution in [3.05, 3.63) is 11.1 Å². The summed E-state index contributed by atoms with van der Waals surface area (Å²) in [6, 6.07) is -0.723. The van der Waals surface area contributed by atoms with Crippen LogP contribution in [0.5, 0.6) is 0 Å². The molecular weight excluding hydrogens is 259 g/mol. The van der Waals surface area contributed by atoms with Gasteiger partial charge in [-0.2, -0.15) is 13.2 Å². The third kappa shape index (κ3) is 4.23. The van der Waals surface area contributed by atoms with Crippen molar-refractivity contribution in [2.24, 2.45) is 11.7 Å². The second-order valence-corrected chi connectivity index (χ2v) is 6.05. The van der Waals surface area contributed by atoms with Crippen molar-refractivity contribution in [1.29, 1.82) is 0 Å². The Morgan fingerprint density at radius 2 is 1.84 bits per heavy atom. The molecule has 0 aromatic rings. The van der Waals surface area contributed by atoms with Gasteiger partial charge in [0.15, 0.2) is 0 Å². The number of carbonyl (C=O) groups excluding carboxylic acids is 1.